The van der Waals surface area contributed by atoms with Gasteiger partial charge < -0.3 is 5.32 Å². The van der Waals surface area contributed by atoms with Crippen molar-refractivity contribution in [3.8, 4) is 12.3 Å². The van der Waals surface area contributed by atoms with Crippen molar-refractivity contribution in [2.75, 3.05) is 13.1 Å². The molecule has 3 unspecified atom stereocenters. The van der Waals surface area contributed by atoms with Crippen molar-refractivity contribution in [1.82, 2.24) is 10.6 Å². The highest BCUT2D eigenvalue weighted by atomic mass is 16.2. The van der Waals surface area contributed by atoms with Crippen LogP contribution in [0.4, 0.5) is 0 Å². The molecule has 3 heteroatoms. The van der Waals surface area contributed by atoms with Crippen LogP contribution >= 0.6 is 0 Å². The average Bonchev–Trinajstić information content (AvgIpc) is 2.76. The maximum absolute atomic E-state index is 11.9. The van der Waals surface area contributed by atoms with Crippen LogP contribution in [0.2, 0.25) is 0 Å². The molecule has 2 aliphatic carbocycles. The summed E-state index contributed by atoms with van der Waals surface area (Å²) in [6, 6.07) is 0.295. The van der Waals surface area contributed by atoms with Crippen LogP contribution in [0.1, 0.15) is 40.0 Å². The SMILES string of the molecule is C#CCNCC(=O)NC1C2(C)CCC(C2)C1(C)C. The number of carbonyl (C=O) groups excluding carboxylic acids is 1. The fraction of sp³-hybridized carbons (Fsp3) is 0.800. The number of hydrogen-bond acceptors (Lipinski definition) is 2. The molecule has 0 radical (unpaired) electrons. The molecule has 0 aromatic heterocycles. The van der Waals surface area contributed by atoms with Crippen LogP contribution in [0.15, 0.2) is 0 Å². The molecule has 2 saturated carbocycles. The monoisotopic (exact) mass is 248 g/mol. The van der Waals surface area contributed by atoms with E-state index in [2.05, 4.69) is 37.3 Å². The van der Waals surface area contributed by atoms with Crippen LogP contribution < -0.4 is 10.6 Å². The van der Waals surface area contributed by atoms with Gasteiger partial charge in [0.2, 0.25) is 5.91 Å². The van der Waals surface area contributed by atoms with Crippen molar-refractivity contribution in [1.29, 1.82) is 0 Å². The van der Waals surface area contributed by atoms with Gasteiger partial charge in [-0.1, -0.05) is 26.7 Å². The van der Waals surface area contributed by atoms with Crippen molar-refractivity contribution < 1.29 is 4.79 Å². The van der Waals surface area contributed by atoms with E-state index in [-0.39, 0.29) is 16.7 Å². The fourth-order valence-corrected chi connectivity index (χ4v) is 4.12. The number of carbonyl (C=O) groups is 1. The molecule has 1 amide bonds. The first-order valence-corrected chi connectivity index (χ1v) is 6.84. The molecule has 0 spiro atoms. The third-order valence-corrected chi connectivity index (χ3v) is 5.09. The Morgan fingerprint density at radius 2 is 2.17 bits per heavy atom. The Morgan fingerprint density at radius 1 is 1.44 bits per heavy atom. The molecule has 2 bridgehead atoms. The van der Waals surface area contributed by atoms with E-state index in [4.69, 9.17) is 6.42 Å². The Bertz CT molecular complexity index is 378. The van der Waals surface area contributed by atoms with Gasteiger partial charge in [-0.2, -0.15) is 0 Å². The molecule has 0 aliphatic heterocycles. The second-order valence-electron chi connectivity index (χ2n) is 6.72. The Labute approximate surface area is 110 Å². The predicted octanol–water partition coefficient (Wildman–Crippen LogP) is 1.54. The zero-order chi connectivity index (χ0) is 13.4. The summed E-state index contributed by atoms with van der Waals surface area (Å²) in [5, 5.41) is 6.17. The summed E-state index contributed by atoms with van der Waals surface area (Å²) in [4.78, 5) is 11.9. The zero-order valence-electron chi connectivity index (χ0n) is 11.7. The molecular weight excluding hydrogens is 224 g/mol. The molecule has 3 nitrogen and oxygen atoms in total. The lowest BCUT2D eigenvalue weighted by molar-refractivity contribution is -0.122. The molecule has 2 aliphatic rings. The fourth-order valence-electron chi connectivity index (χ4n) is 4.12. The van der Waals surface area contributed by atoms with Crippen LogP contribution in [0.25, 0.3) is 0 Å². The van der Waals surface area contributed by atoms with Crippen LogP contribution in [0, 0.1) is 29.1 Å². The van der Waals surface area contributed by atoms with E-state index < -0.39 is 0 Å². The second-order valence-corrected chi connectivity index (χ2v) is 6.72. The number of fused-ring (bicyclic) bond motifs is 2. The molecule has 2 N–H and O–H groups in total. The first kappa shape index (κ1) is 13.4. The van der Waals surface area contributed by atoms with Crippen molar-refractivity contribution >= 4 is 5.91 Å². The van der Waals surface area contributed by atoms with Gasteiger partial charge in [-0.15, -0.1) is 6.42 Å². The summed E-state index contributed by atoms with van der Waals surface area (Å²) >= 11 is 0. The van der Waals surface area contributed by atoms with E-state index in [0.29, 0.717) is 19.1 Å². The first-order valence-electron chi connectivity index (χ1n) is 6.84. The van der Waals surface area contributed by atoms with Gasteiger partial charge in [0.05, 0.1) is 13.1 Å². The topological polar surface area (TPSA) is 41.1 Å². The van der Waals surface area contributed by atoms with E-state index in [9.17, 15) is 4.79 Å². The van der Waals surface area contributed by atoms with Crippen molar-refractivity contribution in [3.63, 3.8) is 0 Å². The molecule has 0 aromatic rings. The Hall–Kier alpha value is -1.01. The van der Waals surface area contributed by atoms with E-state index >= 15 is 0 Å². The zero-order valence-corrected chi connectivity index (χ0v) is 11.7. The van der Waals surface area contributed by atoms with Gasteiger partial charge in [0.25, 0.3) is 0 Å². The lowest BCUT2D eigenvalue weighted by Gasteiger charge is -2.43. The standard InChI is InChI=1S/C15H24N2O/c1-5-8-16-10-12(18)17-13-14(2,3)11-6-7-15(13,4)9-11/h1,11,13,16H,6-10H2,2-4H3,(H,17,18). The largest absolute Gasteiger partial charge is 0.351 e. The lowest BCUT2D eigenvalue weighted by atomic mass is 9.68. The number of nitrogens with one attached hydrogen (secondary N) is 2. The highest BCUT2D eigenvalue weighted by Gasteiger charge is 2.59. The predicted molar refractivity (Wildman–Crippen MR) is 72.9 cm³/mol. The summed E-state index contributed by atoms with van der Waals surface area (Å²) < 4.78 is 0. The van der Waals surface area contributed by atoms with Crippen LogP contribution in [-0.2, 0) is 4.79 Å². The van der Waals surface area contributed by atoms with Gasteiger partial charge in [-0.05, 0) is 36.0 Å². The van der Waals surface area contributed by atoms with Crippen LogP contribution in [0.5, 0.6) is 0 Å². The summed E-state index contributed by atoms with van der Waals surface area (Å²) in [6.45, 7) is 7.67. The van der Waals surface area contributed by atoms with Gasteiger partial charge in [0.1, 0.15) is 0 Å². The molecule has 2 fully saturated rings. The number of amides is 1. The Balaban J connectivity index is 1.96. The minimum atomic E-state index is 0.0668. The summed E-state index contributed by atoms with van der Waals surface area (Å²) in [5.41, 5.74) is 0.505. The molecule has 2 rings (SSSR count). The minimum absolute atomic E-state index is 0.0668. The van der Waals surface area contributed by atoms with Gasteiger partial charge >= 0.3 is 0 Å². The molecule has 18 heavy (non-hydrogen) atoms. The quantitative estimate of drug-likeness (QED) is 0.585. The van der Waals surface area contributed by atoms with E-state index in [1.165, 1.54) is 19.3 Å². The van der Waals surface area contributed by atoms with Gasteiger partial charge in [-0.25, -0.2) is 0 Å². The van der Waals surface area contributed by atoms with Crippen molar-refractivity contribution in [3.05, 3.63) is 0 Å². The smallest absolute Gasteiger partial charge is 0.234 e. The Morgan fingerprint density at radius 3 is 2.72 bits per heavy atom. The number of rotatable bonds is 4. The summed E-state index contributed by atoms with van der Waals surface area (Å²) in [6.07, 6.45) is 8.95. The van der Waals surface area contributed by atoms with Gasteiger partial charge in [0.15, 0.2) is 0 Å². The van der Waals surface area contributed by atoms with Crippen molar-refractivity contribution in [2.24, 2.45) is 16.7 Å². The lowest BCUT2D eigenvalue weighted by Crippen LogP contribution is -2.54. The molecule has 0 saturated heterocycles. The minimum Gasteiger partial charge on any atom is -0.351 e. The highest BCUT2D eigenvalue weighted by Crippen LogP contribution is 2.62. The summed E-state index contributed by atoms with van der Waals surface area (Å²) in [7, 11) is 0. The van der Waals surface area contributed by atoms with Crippen LogP contribution in [0.3, 0.4) is 0 Å². The summed E-state index contributed by atoms with van der Waals surface area (Å²) in [5.74, 6) is 3.30. The normalized spacial score (nSPS) is 36.3. The highest BCUT2D eigenvalue weighted by molar-refractivity contribution is 5.78. The molecule has 100 valence electrons. The first-order chi connectivity index (χ1) is 8.40. The number of terminal acetylenes is 1. The van der Waals surface area contributed by atoms with E-state index in [1.807, 2.05) is 0 Å². The Kier molecular flexibility index (Phi) is 3.42. The third kappa shape index (κ3) is 2.14. The molecule has 0 aromatic carbocycles. The molecule has 3 atom stereocenters. The second kappa shape index (κ2) is 4.59. The third-order valence-electron chi connectivity index (χ3n) is 5.09. The average molecular weight is 248 g/mol. The maximum Gasteiger partial charge on any atom is 0.234 e. The molecule has 0 heterocycles. The van der Waals surface area contributed by atoms with Gasteiger partial charge in [0, 0.05) is 6.04 Å². The van der Waals surface area contributed by atoms with Crippen molar-refractivity contribution in [2.45, 2.75) is 46.1 Å². The van der Waals surface area contributed by atoms with Crippen LogP contribution in [-0.4, -0.2) is 25.0 Å². The van der Waals surface area contributed by atoms with E-state index in [0.717, 1.165) is 5.92 Å². The maximum atomic E-state index is 11.9. The number of hydrogen-bond donors (Lipinski definition) is 2. The molecular formula is C15H24N2O. The van der Waals surface area contributed by atoms with E-state index in [1.54, 1.807) is 0 Å². The van der Waals surface area contributed by atoms with Gasteiger partial charge in [-0.3, -0.25) is 10.1 Å².